The Morgan fingerprint density at radius 3 is 2.65 bits per heavy atom. The van der Waals surface area contributed by atoms with E-state index in [0.29, 0.717) is 12.0 Å². The molecule has 0 aliphatic carbocycles. The topological polar surface area (TPSA) is 32.5 Å². The molecule has 0 amide bonds. The van der Waals surface area contributed by atoms with E-state index >= 15 is 0 Å². The summed E-state index contributed by atoms with van der Waals surface area (Å²) < 4.78 is 0. The number of piperidine rings is 1. The molecule has 2 rings (SSSR count). The van der Waals surface area contributed by atoms with Crippen LogP contribution in [0.5, 0.6) is 0 Å². The molecule has 0 aromatic heterocycles. The van der Waals surface area contributed by atoms with Crippen LogP contribution in [0.25, 0.3) is 0 Å². The van der Waals surface area contributed by atoms with E-state index in [1.807, 2.05) is 0 Å². The summed E-state index contributed by atoms with van der Waals surface area (Å²) in [5.74, 6) is 1.48. The molecule has 2 N–H and O–H groups in total. The largest absolute Gasteiger partial charge is 0.329 e. The van der Waals surface area contributed by atoms with Crippen molar-refractivity contribution in [3.8, 4) is 0 Å². The zero-order chi connectivity index (χ0) is 12.6. The molecule has 3 nitrogen and oxygen atoms in total. The zero-order valence-electron chi connectivity index (χ0n) is 11.9. The Balaban J connectivity index is 2.18. The van der Waals surface area contributed by atoms with E-state index in [9.17, 15) is 0 Å². The molecule has 17 heavy (non-hydrogen) atoms. The molecule has 0 spiro atoms. The van der Waals surface area contributed by atoms with Crippen molar-refractivity contribution in [2.45, 2.75) is 45.2 Å². The smallest absolute Gasteiger partial charge is 0.0384 e. The van der Waals surface area contributed by atoms with Crippen LogP contribution in [-0.2, 0) is 0 Å². The molecule has 4 atom stereocenters. The van der Waals surface area contributed by atoms with Gasteiger partial charge in [-0.15, -0.1) is 0 Å². The molecule has 100 valence electrons. The number of nitrogens with zero attached hydrogens (tertiary/aromatic N) is 2. The van der Waals surface area contributed by atoms with Crippen molar-refractivity contribution in [1.82, 2.24) is 9.80 Å². The minimum atomic E-state index is 0.261. The van der Waals surface area contributed by atoms with Gasteiger partial charge in [-0.25, -0.2) is 0 Å². The van der Waals surface area contributed by atoms with Crippen LogP contribution in [0.4, 0.5) is 0 Å². The third-order valence-corrected chi connectivity index (χ3v) is 5.52. The van der Waals surface area contributed by atoms with Crippen LogP contribution in [0, 0.1) is 11.8 Å². The van der Waals surface area contributed by atoms with E-state index in [-0.39, 0.29) is 5.54 Å². The Labute approximate surface area is 106 Å². The third kappa shape index (κ3) is 2.13. The maximum atomic E-state index is 6.20. The van der Waals surface area contributed by atoms with Gasteiger partial charge in [-0.05, 0) is 51.7 Å². The van der Waals surface area contributed by atoms with E-state index in [4.69, 9.17) is 5.73 Å². The van der Waals surface area contributed by atoms with Crippen molar-refractivity contribution >= 4 is 0 Å². The fourth-order valence-corrected chi connectivity index (χ4v) is 3.76. The molecular weight excluding hydrogens is 210 g/mol. The third-order valence-electron chi connectivity index (χ3n) is 5.52. The van der Waals surface area contributed by atoms with Crippen LogP contribution >= 0.6 is 0 Å². The maximum absolute atomic E-state index is 6.20. The Kier molecular flexibility index (Phi) is 3.81. The summed E-state index contributed by atoms with van der Waals surface area (Å²) in [6.07, 6.45) is 2.59. The summed E-state index contributed by atoms with van der Waals surface area (Å²) in [6.45, 7) is 11.6. The predicted octanol–water partition coefficient (Wildman–Crippen LogP) is 1.39. The lowest BCUT2D eigenvalue weighted by Crippen LogP contribution is -2.63. The number of fused-ring (bicyclic) bond motifs is 2. The summed E-state index contributed by atoms with van der Waals surface area (Å²) in [5.41, 5.74) is 6.46. The Morgan fingerprint density at radius 2 is 2.06 bits per heavy atom. The summed E-state index contributed by atoms with van der Waals surface area (Å²) in [4.78, 5) is 5.21. The van der Waals surface area contributed by atoms with E-state index < -0.39 is 0 Å². The highest BCUT2D eigenvalue weighted by atomic mass is 15.3. The highest BCUT2D eigenvalue weighted by molar-refractivity contribution is 5.05. The molecule has 0 saturated carbocycles. The number of hydrogen-bond acceptors (Lipinski definition) is 3. The first-order valence-electron chi connectivity index (χ1n) is 7.16. The van der Waals surface area contributed by atoms with E-state index in [2.05, 4.69) is 37.6 Å². The highest BCUT2D eigenvalue weighted by Gasteiger charge is 2.48. The SMILES string of the molecule is CC(C)C(C)N(C)C1(CN)CCN2CCC1C2. The lowest BCUT2D eigenvalue weighted by atomic mass is 9.76. The van der Waals surface area contributed by atoms with Crippen molar-refractivity contribution in [1.29, 1.82) is 0 Å². The second-order valence-electron chi connectivity index (χ2n) is 6.44. The minimum absolute atomic E-state index is 0.261. The maximum Gasteiger partial charge on any atom is 0.0384 e. The summed E-state index contributed by atoms with van der Waals surface area (Å²) in [5, 5.41) is 0. The molecule has 0 aromatic rings. The Morgan fingerprint density at radius 1 is 1.35 bits per heavy atom. The molecule has 0 aromatic carbocycles. The van der Waals surface area contributed by atoms with E-state index in [0.717, 1.165) is 12.5 Å². The normalized spacial score (nSPS) is 39.0. The zero-order valence-corrected chi connectivity index (χ0v) is 11.9. The van der Waals surface area contributed by atoms with Crippen LogP contribution in [0.1, 0.15) is 33.6 Å². The van der Waals surface area contributed by atoms with Crippen molar-refractivity contribution in [3.05, 3.63) is 0 Å². The molecule has 0 radical (unpaired) electrons. The lowest BCUT2D eigenvalue weighted by Gasteiger charge is -2.51. The quantitative estimate of drug-likeness (QED) is 0.804. The van der Waals surface area contributed by atoms with Gasteiger partial charge in [0.2, 0.25) is 0 Å². The van der Waals surface area contributed by atoms with Crippen LogP contribution in [-0.4, -0.2) is 54.6 Å². The van der Waals surface area contributed by atoms with Crippen molar-refractivity contribution in [2.24, 2.45) is 17.6 Å². The van der Waals surface area contributed by atoms with Crippen LogP contribution in [0.3, 0.4) is 0 Å². The van der Waals surface area contributed by atoms with Crippen LogP contribution < -0.4 is 5.73 Å². The van der Waals surface area contributed by atoms with Gasteiger partial charge in [-0.1, -0.05) is 13.8 Å². The van der Waals surface area contributed by atoms with Gasteiger partial charge < -0.3 is 10.6 Å². The fraction of sp³-hybridized carbons (Fsp3) is 1.00. The summed E-state index contributed by atoms with van der Waals surface area (Å²) >= 11 is 0. The number of likely N-dealkylation sites (N-methyl/N-ethyl adjacent to an activating group) is 1. The van der Waals surface area contributed by atoms with Crippen LogP contribution in [0.15, 0.2) is 0 Å². The van der Waals surface area contributed by atoms with Gasteiger partial charge in [0.1, 0.15) is 0 Å². The first-order chi connectivity index (χ1) is 8.01. The van der Waals surface area contributed by atoms with Gasteiger partial charge in [-0.3, -0.25) is 4.90 Å². The number of rotatable bonds is 4. The fourth-order valence-electron chi connectivity index (χ4n) is 3.76. The first kappa shape index (κ1) is 13.3. The molecule has 2 fully saturated rings. The Bertz CT molecular complexity index is 266. The number of hydrogen-bond donors (Lipinski definition) is 1. The average Bonchev–Trinajstić information content (AvgIpc) is 2.72. The highest BCUT2D eigenvalue weighted by Crippen LogP contribution is 2.40. The Hall–Kier alpha value is -0.120. The molecule has 4 unspecified atom stereocenters. The molecule has 3 heteroatoms. The van der Waals surface area contributed by atoms with E-state index in [1.54, 1.807) is 0 Å². The molecular formula is C14H29N3. The predicted molar refractivity (Wildman–Crippen MR) is 73.0 cm³/mol. The second-order valence-corrected chi connectivity index (χ2v) is 6.44. The summed E-state index contributed by atoms with van der Waals surface area (Å²) in [7, 11) is 2.30. The molecule has 2 aliphatic rings. The van der Waals surface area contributed by atoms with Crippen molar-refractivity contribution < 1.29 is 0 Å². The lowest BCUT2D eigenvalue weighted by molar-refractivity contribution is -0.00969. The molecule has 2 heterocycles. The number of nitrogens with two attached hydrogens (primary N) is 1. The summed E-state index contributed by atoms with van der Waals surface area (Å²) in [6, 6.07) is 0.616. The minimum Gasteiger partial charge on any atom is -0.329 e. The van der Waals surface area contributed by atoms with Crippen molar-refractivity contribution in [3.63, 3.8) is 0 Å². The van der Waals surface area contributed by atoms with Crippen molar-refractivity contribution in [2.75, 3.05) is 33.2 Å². The molecule has 2 aliphatic heterocycles. The van der Waals surface area contributed by atoms with Gasteiger partial charge in [0.25, 0.3) is 0 Å². The van der Waals surface area contributed by atoms with Crippen LogP contribution in [0.2, 0.25) is 0 Å². The van der Waals surface area contributed by atoms with Gasteiger partial charge in [-0.2, -0.15) is 0 Å². The second kappa shape index (κ2) is 4.87. The van der Waals surface area contributed by atoms with Gasteiger partial charge in [0.05, 0.1) is 0 Å². The molecule has 2 bridgehead atoms. The monoisotopic (exact) mass is 239 g/mol. The van der Waals surface area contributed by atoms with Gasteiger partial charge in [0, 0.05) is 24.7 Å². The van der Waals surface area contributed by atoms with E-state index in [1.165, 1.54) is 32.5 Å². The average molecular weight is 239 g/mol. The molecule has 2 saturated heterocycles. The van der Waals surface area contributed by atoms with Gasteiger partial charge >= 0.3 is 0 Å². The standard InChI is InChI=1S/C14H29N3/c1-11(2)12(3)16(4)14(10-15)6-8-17-7-5-13(14)9-17/h11-13H,5-10,15H2,1-4H3. The van der Waals surface area contributed by atoms with Gasteiger partial charge in [0.15, 0.2) is 0 Å². The first-order valence-corrected chi connectivity index (χ1v) is 7.16.